The zero-order chi connectivity index (χ0) is 18.9. The van der Waals surface area contributed by atoms with E-state index in [0.717, 1.165) is 11.1 Å². The molecule has 138 valence electrons. The fraction of sp³-hybridized carbons (Fsp3) is 0.250. The van der Waals surface area contributed by atoms with E-state index in [9.17, 15) is 13.6 Å². The Kier molecular flexibility index (Phi) is 7.14. The molecular formula is C20H21F2NO3. The lowest BCUT2D eigenvalue weighted by atomic mass is 10.1. The summed E-state index contributed by atoms with van der Waals surface area (Å²) >= 11 is 0. The Hall–Kier alpha value is -2.89. The van der Waals surface area contributed by atoms with E-state index in [1.807, 2.05) is 31.2 Å². The number of carbonyl (C=O) groups is 1. The molecule has 0 saturated carbocycles. The fourth-order valence-corrected chi connectivity index (χ4v) is 2.22. The molecule has 0 unspecified atom stereocenters. The monoisotopic (exact) mass is 361 g/mol. The molecule has 0 aliphatic rings. The molecule has 26 heavy (non-hydrogen) atoms. The Bertz CT molecular complexity index is 758. The smallest absolute Gasteiger partial charge is 0.387 e. The third kappa shape index (κ3) is 6.20. The highest BCUT2D eigenvalue weighted by Gasteiger charge is 2.11. The van der Waals surface area contributed by atoms with Crippen LogP contribution in [0, 0.1) is 6.92 Å². The number of benzene rings is 2. The van der Waals surface area contributed by atoms with Crippen LogP contribution in [0.25, 0.3) is 6.08 Å². The van der Waals surface area contributed by atoms with Crippen LogP contribution in [-0.4, -0.2) is 19.1 Å². The van der Waals surface area contributed by atoms with Crippen LogP contribution in [0.4, 0.5) is 8.78 Å². The number of alkyl halides is 2. The molecule has 4 nitrogen and oxygen atoms in total. The number of ether oxygens (including phenoxy) is 2. The highest BCUT2D eigenvalue weighted by molar-refractivity contribution is 5.91. The molecule has 0 aliphatic heterocycles. The van der Waals surface area contributed by atoms with Crippen molar-refractivity contribution in [3.8, 4) is 11.5 Å². The molecule has 0 fully saturated rings. The second-order valence-corrected chi connectivity index (χ2v) is 5.55. The average molecular weight is 361 g/mol. The summed E-state index contributed by atoms with van der Waals surface area (Å²) < 4.78 is 34.5. The molecule has 6 heteroatoms. The maximum absolute atomic E-state index is 12.4. The highest BCUT2D eigenvalue weighted by Crippen LogP contribution is 2.30. The number of hydrogen-bond donors (Lipinski definition) is 1. The molecule has 0 heterocycles. The van der Waals surface area contributed by atoms with E-state index in [1.54, 1.807) is 25.1 Å². The summed E-state index contributed by atoms with van der Waals surface area (Å²) in [5.41, 5.74) is 2.80. The molecule has 1 amide bonds. The normalized spacial score (nSPS) is 11.0. The van der Waals surface area contributed by atoms with Crippen LogP contribution in [0.5, 0.6) is 11.5 Å². The van der Waals surface area contributed by atoms with Crippen LogP contribution in [0.2, 0.25) is 0 Å². The summed E-state index contributed by atoms with van der Waals surface area (Å²) in [6, 6.07) is 12.4. The summed E-state index contributed by atoms with van der Waals surface area (Å²) in [6.07, 6.45) is 2.96. The van der Waals surface area contributed by atoms with E-state index in [4.69, 9.17) is 4.74 Å². The quantitative estimate of drug-likeness (QED) is 0.712. The molecule has 0 saturated heterocycles. The van der Waals surface area contributed by atoms with Crippen molar-refractivity contribution in [2.24, 2.45) is 0 Å². The van der Waals surface area contributed by atoms with Crippen LogP contribution < -0.4 is 14.8 Å². The molecule has 0 radical (unpaired) electrons. The highest BCUT2D eigenvalue weighted by atomic mass is 19.3. The van der Waals surface area contributed by atoms with E-state index in [-0.39, 0.29) is 17.4 Å². The van der Waals surface area contributed by atoms with E-state index >= 15 is 0 Å². The number of rotatable bonds is 8. The molecule has 2 rings (SSSR count). The van der Waals surface area contributed by atoms with Gasteiger partial charge in [-0.1, -0.05) is 35.9 Å². The number of hydrogen-bond acceptors (Lipinski definition) is 3. The van der Waals surface area contributed by atoms with Gasteiger partial charge in [-0.3, -0.25) is 4.79 Å². The molecule has 2 aromatic carbocycles. The largest absolute Gasteiger partial charge is 0.490 e. The van der Waals surface area contributed by atoms with Crippen molar-refractivity contribution >= 4 is 12.0 Å². The first-order valence-electron chi connectivity index (χ1n) is 8.21. The van der Waals surface area contributed by atoms with Crippen molar-refractivity contribution in [2.45, 2.75) is 27.0 Å². The summed E-state index contributed by atoms with van der Waals surface area (Å²) in [7, 11) is 0. The van der Waals surface area contributed by atoms with Gasteiger partial charge >= 0.3 is 6.61 Å². The van der Waals surface area contributed by atoms with Gasteiger partial charge in [0.2, 0.25) is 5.91 Å². The average Bonchev–Trinajstić information content (AvgIpc) is 2.61. The van der Waals surface area contributed by atoms with Crippen LogP contribution in [-0.2, 0) is 11.3 Å². The Morgan fingerprint density at radius 1 is 1.15 bits per heavy atom. The number of carbonyl (C=O) groups excluding carboxylic acids is 1. The van der Waals surface area contributed by atoms with Gasteiger partial charge in [0.05, 0.1) is 6.61 Å². The lowest BCUT2D eigenvalue weighted by Gasteiger charge is -2.11. The van der Waals surface area contributed by atoms with Crippen molar-refractivity contribution < 1.29 is 23.0 Å². The van der Waals surface area contributed by atoms with Crippen LogP contribution in [0.1, 0.15) is 23.6 Å². The van der Waals surface area contributed by atoms with Gasteiger partial charge in [0.15, 0.2) is 11.5 Å². The number of amides is 1. The summed E-state index contributed by atoms with van der Waals surface area (Å²) in [5.74, 6) is -0.0886. The van der Waals surface area contributed by atoms with E-state index in [2.05, 4.69) is 10.1 Å². The van der Waals surface area contributed by atoms with E-state index in [0.29, 0.717) is 18.7 Å². The first-order chi connectivity index (χ1) is 12.5. The predicted molar refractivity (Wildman–Crippen MR) is 96.3 cm³/mol. The first-order valence-corrected chi connectivity index (χ1v) is 8.21. The van der Waals surface area contributed by atoms with Crippen molar-refractivity contribution in [3.05, 3.63) is 65.2 Å². The van der Waals surface area contributed by atoms with Gasteiger partial charge in [0, 0.05) is 12.6 Å². The van der Waals surface area contributed by atoms with Crippen molar-refractivity contribution in [1.82, 2.24) is 5.32 Å². The molecule has 0 bridgehead atoms. The SMILES string of the molecule is CCOc1cc(/C=C/C(=O)NCc2ccc(C)cc2)ccc1OC(F)F. The predicted octanol–water partition coefficient (Wildman–Crippen LogP) is 4.32. The maximum Gasteiger partial charge on any atom is 0.387 e. The minimum absolute atomic E-state index is 0.0391. The molecular weight excluding hydrogens is 340 g/mol. The Balaban J connectivity index is 1.98. The van der Waals surface area contributed by atoms with E-state index < -0.39 is 6.61 Å². The van der Waals surface area contributed by atoms with E-state index in [1.165, 1.54) is 12.1 Å². The van der Waals surface area contributed by atoms with Gasteiger partial charge < -0.3 is 14.8 Å². The Morgan fingerprint density at radius 3 is 2.54 bits per heavy atom. The maximum atomic E-state index is 12.4. The lowest BCUT2D eigenvalue weighted by Crippen LogP contribution is -2.20. The number of aryl methyl sites for hydroxylation is 1. The molecule has 0 aromatic heterocycles. The summed E-state index contributed by atoms with van der Waals surface area (Å²) in [4.78, 5) is 11.9. The van der Waals surface area contributed by atoms with Crippen molar-refractivity contribution in [2.75, 3.05) is 6.61 Å². The second kappa shape index (κ2) is 9.56. The second-order valence-electron chi connectivity index (χ2n) is 5.55. The van der Waals surface area contributed by atoms with Gasteiger partial charge in [-0.05, 0) is 43.2 Å². The Labute approximate surface area is 151 Å². The minimum Gasteiger partial charge on any atom is -0.490 e. The first kappa shape index (κ1) is 19.4. The third-order valence-corrected chi connectivity index (χ3v) is 3.50. The third-order valence-electron chi connectivity index (χ3n) is 3.50. The lowest BCUT2D eigenvalue weighted by molar-refractivity contribution is -0.116. The standard InChI is InChI=1S/C20H21F2NO3/c1-3-25-18-12-15(8-10-17(18)26-20(21)22)9-11-19(24)23-13-16-6-4-14(2)5-7-16/h4-12,20H,3,13H2,1-2H3,(H,23,24)/b11-9+. The van der Waals surface area contributed by atoms with Gasteiger partial charge in [-0.15, -0.1) is 0 Å². The molecule has 0 spiro atoms. The zero-order valence-electron chi connectivity index (χ0n) is 14.7. The molecule has 2 aromatic rings. The molecule has 0 aliphatic carbocycles. The minimum atomic E-state index is -2.93. The van der Waals surface area contributed by atoms with Gasteiger partial charge in [0.1, 0.15) is 0 Å². The van der Waals surface area contributed by atoms with Gasteiger partial charge in [-0.25, -0.2) is 0 Å². The van der Waals surface area contributed by atoms with Crippen molar-refractivity contribution in [1.29, 1.82) is 0 Å². The summed E-state index contributed by atoms with van der Waals surface area (Å²) in [5, 5.41) is 2.79. The summed E-state index contributed by atoms with van der Waals surface area (Å²) in [6.45, 7) is 1.55. The van der Waals surface area contributed by atoms with Gasteiger partial charge in [-0.2, -0.15) is 8.78 Å². The zero-order valence-corrected chi connectivity index (χ0v) is 14.7. The number of nitrogens with one attached hydrogen (secondary N) is 1. The topological polar surface area (TPSA) is 47.6 Å². The molecule has 1 N–H and O–H groups in total. The Morgan fingerprint density at radius 2 is 1.88 bits per heavy atom. The van der Waals surface area contributed by atoms with Crippen molar-refractivity contribution in [3.63, 3.8) is 0 Å². The van der Waals surface area contributed by atoms with Crippen LogP contribution >= 0.6 is 0 Å². The number of halogens is 2. The van der Waals surface area contributed by atoms with Crippen LogP contribution in [0.3, 0.4) is 0 Å². The van der Waals surface area contributed by atoms with Crippen LogP contribution in [0.15, 0.2) is 48.5 Å². The fourth-order valence-electron chi connectivity index (χ4n) is 2.22. The van der Waals surface area contributed by atoms with Gasteiger partial charge in [0.25, 0.3) is 0 Å². The molecule has 0 atom stereocenters.